The molecular weight excluding hydrogens is 362 g/mol. The van der Waals surface area contributed by atoms with Crippen molar-refractivity contribution in [2.45, 2.75) is 34.2 Å². The number of carbonyl (C=O) groups is 1. The number of amides is 1. The van der Waals surface area contributed by atoms with Crippen molar-refractivity contribution in [3.8, 4) is 17.1 Å². The standard InChI is InChI=1S/C24H31N3O2/c1-17(2)14-26(15-18(3)4)23(28)16-27-22-9-7-6-8-21(22)25-24(27)19-10-12-20(29-5)13-11-19/h6-13,17-18H,14-16H2,1-5H3. The van der Waals surface area contributed by atoms with Crippen LogP contribution in [0.3, 0.4) is 0 Å². The van der Waals surface area contributed by atoms with Gasteiger partial charge in [-0.15, -0.1) is 0 Å². The molecule has 0 bridgehead atoms. The topological polar surface area (TPSA) is 47.4 Å². The van der Waals surface area contributed by atoms with E-state index in [0.29, 0.717) is 11.8 Å². The van der Waals surface area contributed by atoms with Crippen molar-refractivity contribution in [3.63, 3.8) is 0 Å². The maximum atomic E-state index is 13.3. The van der Waals surface area contributed by atoms with Gasteiger partial charge in [-0.25, -0.2) is 4.98 Å². The smallest absolute Gasteiger partial charge is 0.242 e. The molecule has 1 heterocycles. The average Bonchev–Trinajstić information content (AvgIpc) is 3.05. The van der Waals surface area contributed by atoms with Crippen molar-refractivity contribution in [3.05, 3.63) is 48.5 Å². The molecule has 154 valence electrons. The van der Waals surface area contributed by atoms with Crippen LogP contribution in [0, 0.1) is 11.8 Å². The average molecular weight is 394 g/mol. The number of methoxy groups -OCH3 is 1. The Morgan fingerprint density at radius 1 is 1.00 bits per heavy atom. The third kappa shape index (κ3) is 4.97. The number of imidazole rings is 1. The van der Waals surface area contributed by atoms with Crippen molar-refractivity contribution >= 4 is 16.9 Å². The zero-order chi connectivity index (χ0) is 21.0. The summed E-state index contributed by atoms with van der Waals surface area (Å²) in [6.45, 7) is 10.4. The Bertz CT molecular complexity index is 948. The number of hydrogen-bond donors (Lipinski definition) is 0. The molecule has 3 rings (SSSR count). The van der Waals surface area contributed by atoms with Gasteiger partial charge in [-0.2, -0.15) is 0 Å². The zero-order valence-corrected chi connectivity index (χ0v) is 18.1. The fraction of sp³-hybridized carbons (Fsp3) is 0.417. The minimum Gasteiger partial charge on any atom is -0.497 e. The number of para-hydroxylation sites is 2. The Morgan fingerprint density at radius 2 is 1.62 bits per heavy atom. The summed E-state index contributed by atoms with van der Waals surface area (Å²) < 4.78 is 7.31. The molecule has 0 N–H and O–H groups in total. The van der Waals surface area contributed by atoms with Gasteiger partial charge in [0.1, 0.15) is 18.1 Å². The molecule has 2 aromatic carbocycles. The van der Waals surface area contributed by atoms with Gasteiger partial charge in [-0.05, 0) is 48.2 Å². The summed E-state index contributed by atoms with van der Waals surface area (Å²) in [4.78, 5) is 20.1. The monoisotopic (exact) mass is 393 g/mol. The maximum absolute atomic E-state index is 13.3. The minimum absolute atomic E-state index is 0.130. The highest BCUT2D eigenvalue weighted by atomic mass is 16.5. The molecule has 0 atom stereocenters. The molecule has 29 heavy (non-hydrogen) atoms. The summed E-state index contributed by atoms with van der Waals surface area (Å²) in [5.74, 6) is 2.59. The Hall–Kier alpha value is -2.82. The summed E-state index contributed by atoms with van der Waals surface area (Å²) >= 11 is 0. The third-order valence-corrected chi connectivity index (χ3v) is 4.82. The largest absolute Gasteiger partial charge is 0.497 e. The van der Waals surface area contributed by atoms with Gasteiger partial charge in [0.2, 0.25) is 5.91 Å². The van der Waals surface area contributed by atoms with Crippen molar-refractivity contribution in [2.75, 3.05) is 20.2 Å². The Kier molecular flexibility index (Phi) is 6.57. The molecule has 0 aliphatic heterocycles. The number of benzene rings is 2. The van der Waals surface area contributed by atoms with Crippen LogP contribution in [0.25, 0.3) is 22.4 Å². The van der Waals surface area contributed by atoms with E-state index in [4.69, 9.17) is 9.72 Å². The number of carbonyl (C=O) groups excluding carboxylic acids is 1. The number of fused-ring (bicyclic) bond motifs is 1. The summed E-state index contributed by atoms with van der Waals surface area (Å²) in [7, 11) is 1.65. The molecule has 0 aliphatic rings. The number of aromatic nitrogens is 2. The van der Waals surface area contributed by atoms with Gasteiger partial charge in [0, 0.05) is 18.7 Å². The summed E-state index contributed by atoms with van der Waals surface area (Å²) in [6, 6.07) is 15.8. The van der Waals surface area contributed by atoms with E-state index in [1.165, 1.54) is 0 Å². The summed E-state index contributed by atoms with van der Waals surface area (Å²) in [5.41, 5.74) is 2.83. The zero-order valence-electron chi connectivity index (χ0n) is 18.1. The Balaban J connectivity index is 1.99. The molecule has 0 saturated carbocycles. The van der Waals surface area contributed by atoms with E-state index in [1.807, 2.05) is 58.0 Å². The lowest BCUT2D eigenvalue weighted by Crippen LogP contribution is -2.39. The van der Waals surface area contributed by atoms with Crippen LogP contribution in [0.15, 0.2) is 48.5 Å². The highest BCUT2D eigenvalue weighted by molar-refractivity contribution is 5.84. The quantitative estimate of drug-likeness (QED) is 0.549. The van der Waals surface area contributed by atoms with Crippen LogP contribution in [0.1, 0.15) is 27.7 Å². The van der Waals surface area contributed by atoms with Crippen LogP contribution in [-0.4, -0.2) is 40.6 Å². The van der Waals surface area contributed by atoms with E-state index in [9.17, 15) is 4.79 Å². The van der Waals surface area contributed by atoms with E-state index < -0.39 is 0 Å². The van der Waals surface area contributed by atoms with Gasteiger partial charge in [-0.1, -0.05) is 39.8 Å². The second kappa shape index (κ2) is 9.12. The SMILES string of the molecule is COc1ccc(-c2nc3ccccc3n2CC(=O)N(CC(C)C)CC(C)C)cc1. The number of rotatable bonds is 8. The summed E-state index contributed by atoms with van der Waals surface area (Å²) in [5, 5.41) is 0. The van der Waals surface area contributed by atoms with E-state index in [-0.39, 0.29) is 12.5 Å². The molecular formula is C24H31N3O2. The van der Waals surface area contributed by atoms with Gasteiger partial charge in [0.15, 0.2) is 0 Å². The number of ether oxygens (including phenoxy) is 1. The third-order valence-electron chi connectivity index (χ3n) is 4.82. The summed E-state index contributed by atoms with van der Waals surface area (Å²) in [6.07, 6.45) is 0. The first-order valence-corrected chi connectivity index (χ1v) is 10.3. The maximum Gasteiger partial charge on any atom is 0.242 e. The molecule has 5 nitrogen and oxygen atoms in total. The highest BCUT2D eigenvalue weighted by Crippen LogP contribution is 2.26. The lowest BCUT2D eigenvalue weighted by Gasteiger charge is -2.27. The minimum atomic E-state index is 0.130. The van der Waals surface area contributed by atoms with Crippen LogP contribution in [0.4, 0.5) is 0 Å². The van der Waals surface area contributed by atoms with Crippen molar-refractivity contribution < 1.29 is 9.53 Å². The first kappa shape index (κ1) is 20.9. The Labute approximate surface area is 173 Å². The predicted octanol–water partition coefficient (Wildman–Crippen LogP) is 4.85. The van der Waals surface area contributed by atoms with Crippen LogP contribution in [0.2, 0.25) is 0 Å². The van der Waals surface area contributed by atoms with E-state index in [1.54, 1.807) is 7.11 Å². The fourth-order valence-electron chi connectivity index (χ4n) is 3.59. The highest BCUT2D eigenvalue weighted by Gasteiger charge is 2.20. The van der Waals surface area contributed by atoms with Gasteiger partial charge in [0.05, 0.1) is 18.1 Å². The first-order valence-electron chi connectivity index (χ1n) is 10.3. The Morgan fingerprint density at radius 3 is 2.21 bits per heavy atom. The molecule has 1 aromatic heterocycles. The van der Waals surface area contributed by atoms with Gasteiger partial charge < -0.3 is 14.2 Å². The molecule has 0 aliphatic carbocycles. The molecule has 0 unspecified atom stereocenters. The van der Waals surface area contributed by atoms with Crippen LogP contribution in [-0.2, 0) is 11.3 Å². The van der Waals surface area contributed by atoms with Gasteiger partial charge in [0.25, 0.3) is 0 Å². The van der Waals surface area contributed by atoms with Crippen molar-refractivity contribution in [1.29, 1.82) is 0 Å². The molecule has 1 amide bonds. The van der Waals surface area contributed by atoms with Crippen molar-refractivity contribution in [2.24, 2.45) is 11.8 Å². The number of hydrogen-bond acceptors (Lipinski definition) is 3. The lowest BCUT2D eigenvalue weighted by atomic mass is 10.1. The molecule has 0 spiro atoms. The van der Waals surface area contributed by atoms with Crippen LogP contribution < -0.4 is 4.74 Å². The van der Waals surface area contributed by atoms with Crippen LogP contribution in [0.5, 0.6) is 5.75 Å². The molecule has 3 aromatic rings. The second-order valence-corrected chi connectivity index (χ2v) is 8.33. The molecule has 0 saturated heterocycles. The molecule has 0 fully saturated rings. The van der Waals surface area contributed by atoms with Crippen LogP contribution >= 0.6 is 0 Å². The van der Waals surface area contributed by atoms with E-state index >= 15 is 0 Å². The van der Waals surface area contributed by atoms with Gasteiger partial charge >= 0.3 is 0 Å². The lowest BCUT2D eigenvalue weighted by molar-refractivity contribution is -0.132. The van der Waals surface area contributed by atoms with Gasteiger partial charge in [-0.3, -0.25) is 4.79 Å². The van der Waals surface area contributed by atoms with E-state index in [2.05, 4.69) is 27.7 Å². The normalized spacial score (nSPS) is 11.4. The molecule has 5 heteroatoms. The number of nitrogens with zero attached hydrogens (tertiary/aromatic N) is 3. The fourth-order valence-corrected chi connectivity index (χ4v) is 3.59. The molecule has 0 radical (unpaired) electrons. The predicted molar refractivity (Wildman–Crippen MR) is 118 cm³/mol. The second-order valence-electron chi connectivity index (χ2n) is 8.33. The van der Waals surface area contributed by atoms with Crippen molar-refractivity contribution in [1.82, 2.24) is 14.5 Å². The first-order chi connectivity index (χ1) is 13.9. The van der Waals surface area contributed by atoms with E-state index in [0.717, 1.165) is 41.3 Å².